The summed E-state index contributed by atoms with van der Waals surface area (Å²) >= 11 is 1.86. The third-order valence-corrected chi connectivity index (χ3v) is 14.4. The second-order valence-corrected chi connectivity index (χ2v) is 18.4. The Labute approximate surface area is 372 Å². The van der Waals surface area contributed by atoms with Crippen molar-refractivity contribution in [1.82, 2.24) is 0 Å². The topological polar surface area (TPSA) is 3.24 Å². The van der Waals surface area contributed by atoms with Crippen LogP contribution in [0.2, 0.25) is 0 Å². The number of para-hydroxylation sites is 1. The van der Waals surface area contributed by atoms with Gasteiger partial charge in [-0.25, -0.2) is 0 Å². The lowest BCUT2D eigenvalue weighted by molar-refractivity contribution is 0.660. The number of fused-ring (bicyclic) bond motifs is 7. The SMILES string of the molecule is CC1(C)c2cc(-c3ccc4ccccc4c3)ccc2-c2ccc(N(c3cccc(-c4ccc5sc6ccccc6c5c4)c3)c3ccccc3-c3ccc(-c4ccccc4)cc3)cc21. The van der Waals surface area contributed by atoms with E-state index in [2.05, 4.69) is 243 Å². The van der Waals surface area contributed by atoms with Gasteiger partial charge in [0.1, 0.15) is 0 Å². The molecular weight excluding hydrogens is 779 g/mol. The summed E-state index contributed by atoms with van der Waals surface area (Å²) in [6.07, 6.45) is 0. The molecule has 1 aromatic heterocycles. The lowest BCUT2D eigenvalue weighted by atomic mass is 9.81. The van der Waals surface area contributed by atoms with Gasteiger partial charge in [-0.1, -0.05) is 178 Å². The molecule has 0 N–H and O–H groups in total. The van der Waals surface area contributed by atoms with Crippen LogP contribution < -0.4 is 4.90 Å². The van der Waals surface area contributed by atoms with Gasteiger partial charge in [0.2, 0.25) is 0 Å². The molecule has 0 atom stereocenters. The van der Waals surface area contributed by atoms with E-state index in [9.17, 15) is 0 Å². The normalized spacial score (nSPS) is 12.7. The fraction of sp³-hybridized carbons (Fsp3) is 0.0492. The molecule has 1 aliphatic carbocycles. The number of hydrogen-bond acceptors (Lipinski definition) is 2. The van der Waals surface area contributed by atoms with E-state index < -0.39 is 0 Å². The van der Waals surface area contributed by atoms with Crippen molar-refractivity contribution in [2.45, 2.75) is 19.3 Å². The fourth-order valence-corrected chi connectivity index (χ4v) is 11.0. The number of nitrogens with zero attached hydrogens (tertiary/aromatic N) is 1. The Hall–Kier alpha value is -7.52. The zero-order valence-corrected chi connectivity index (χ0v) is 36.0. The maximum Gasteiger partial charge on any atom is 0.0540 e. The largest absolute Gasteiger partial charge is 0.310 e. The van der Waals surface area contributed by atoms with E-state index in [-0.39, 0.29) is 5.41 Å². The molecule has 1 nitrogen and oxygen atoms in total. The second-order valence-electron chi connectivity index (χ2n) is 17.3. The Morgan fingerprint density at radius 2 is 0.905 bits per heavy atom. The molecular formula is C61H43NS. The molecule has 0 spiro atoms. The highest BCUT2D eigenvalue weighted by Crippen LogP contribution is 2.52. The van der Waals surface area contributed by atoms with E-state index in [0.717, 1.165) is 17.1 Å². The zero-order chi connectivity index (χ0) is 42.1. The Balaban J connectivity index is 0.992. The molecule has 0 saturated heterocycles. The van der Waals surface area contributed by atoms with Gasteiger partial charge in [0.15, 0.2) is 0 Å². The molecule has 0 amide bonds. The number of anilines is 3. The summed E-state index contributed by atoms with van der Waals surface area (Å²) in [5, 5.41) is 5.15. The maximum atomic E-state index is 2.47. The monoisotopic (exact) mass is 821 g/mol. The molecule has 0 saturated carbocycles. The quantitative estimate of drug-likeness (QED) is 0.155. The minimum Gasteiger partial charge on any atom is -0.310 e. The van der Waals surface area contributed by atoms with Crippen molar-refractivity contribution in [2.24, 2.45) is 0 Å². The molecule has 0 fully saturated rings. The first kappa shape index (κ1) is 37.3. The van der Waals surface area contributed by atoms with Crippen LogP contribution in [0.4, 0.5) is 17.1 Å². The minimum atomic E-state index is -0.216. The Kier molecular flexibility index (Phi) is 8.77. The zero-order valence-electron chi connectivity index (χ0n) is 35.2. The average molecular weight is 822 g/mol. The minimum absolute atomic E-state index is 0.216. The van der Waals surface area contributed by atoms with Gasteiger partial charge >= 0.3 is 0 Å². The third-order valence-electron chi connectivity index (χ3n) is 13.3. The standard InChI is InChI=1S/C61H43NS/c1-61(2)56-38-48(46-28-25-41-15-6-7-16-44(41)35-46)29-32-52(56)53-33-31-50(39-57(53)61)62(58-21-10-8-19-51(58)43-26-23-42(24-27-43)40-13-4-3-5-14-40)49-18-12-17-45(36-49)47-30-34-60-55(37-47)54-20-9-11-22-59(54)63-60/h3-39H,1-2H3. The van der Waals surface area contributed by atoms with Crippen molar-refractivity contribution in [3.05, 3.63) is 236 Å². The maximum absolute atomic E-state index is 2.47. The summed E-state index contributed by atoms with van der Waals surface area (Å²) < 4.78 is 2.64. The van der Waals surface area contributed by atoms with Gasteiger partial charge in [0.25, 0.3) is 0 Å². The third kappa shape index (κ3) is 6.37. The molecule has 0 bridgehead atoms. The molecule has 298 valence electrons. The van der Waals surface area contributed by atoms with Crippen LogP contribution in [0, 0.1) is 0 Å². The van der Waals surface area contributed by atoms with E-state index in [1.54, 1.807) is 0 Å². The van der Waals surface area contributed by atoms with Gasteiger partial charge in [-0.3, -0.25) is 0 Å². The Morgan fingerprint density at radius 1 is 0.333 bits per heavy atom. The van der Waals surface area contributed by atoms with E-state index in [1.807, 2.05) is 11.3 Å². The predicted octanol–water partition coefficient (Wildman–Crippen LogP) is 17.7. The van der Waals surface area contributed by atoms with E-state index in [4.69, 9.17) is 0 Å². The van der Waals surface area contributed by atoms with Gasteiger partial charge < -0.3 is 4.90 Å². The van der Waals surface area contributed by atoms with Crippen molar-refractivity contribution >= 4 is 59.3 Å². The highest BCUT2D eigenvalue weighted by Gasteiger charge is 2.36. The van der Waals surface area contributed by atoms with Crippen molar-refractivity contribution < 1.29 is 0 Å². The highest BCUT2D eigenvalue weighted by molar-refractivity contribution is 7.25. The molecule has 0 unspecified atom stereocenters. The lowest BCUT2D eigenvalue weighted by Crippen LogP contribution is -2.17. The molecule has 0 aliphatic heterocycles. The fourth-order valence-electron chi connectivity index (χ4n) is 9.96. The van der Waals surface area contributed by atoms with Crippen LogP contribution in [0.5, 0.6) is 0 Å². The molecule has 0 radical (unpaired) electrons. The lowest BCUT2D eigenvalue weighted by Gasteiger charge is -2.30. The second kappa shape index (κ2) is 14.8. The van der Waals surface area contributed by atoms with Crippen LogP contribution in [-0.2, 0) is 5.41 Å². The van der Waals surface area contributed by atoms with Crippen molar-refractivity contribution in [3.63, 3.8) is 0 Å². The number of hydrogen-bond donors (Lipinski definition) is 0. The van der Waals surface area contributed by atoms with E-state index >= 15 is 0 Å². The number of rotatable bonds is 7. The molecule has 12 rings (SSSR count). The number of benzene rings is 10. The predicted molar refractivity (Wildman–Crippen MR) is 271 cm³/mol. The summed E-state index contributed by atoms with van der Waals surface area (Å²) in [7, 11) is 0. The van der Waals surface area contributed by atoms with Crippen LogP contribution in [-0.4, -0.2) is 0 Å². The molecule has 63 heavy (non-hydrogen) atoms. The van der Waals surface area contributed by atoms with Crippen LogP contribution >= 0.6 is 11.3 Å². The Bertz CT molecular complexity index is 3540. The first-order valence-corrected chi connectivity index (χ1v) is 22.6. The summed E-state index contributed by atoms with van der Waals surface area (Å²) in [4.78, 5) is 2.47. The van der Waals surface area contributed by atoms with Crippen LogP contribution in [0.15, 0.2) is 224 Å². The molecule has 1 heterocycles. The van der Waals surface area contributed by atoms with Crippen LogP contribution in [0.3, 0.4) is 0 Å². The molecule has 11 aromatic rings. The van der Waals surface area contributed by atoms with Crippen LogP contribution in [0.25, 0.3) is 86.6 Å². The van der Waals surface area contributed by atoms with E-state index in [0.29, 0.717) is 0 Å². The highest BCUT2D eigenvalue weighted by atomic mass is 32.1. The van der Waals surface area contributed by atoms with Gasteiger partial charge in [0.05, 0.1) is 5.69 Å². The molecule has 1 aliphatic rings. The van der Waals surface area contributed by atoms with Gasteiger partial charge in [-0.05, 0) is 133 Å². The van der Waals surface area contributed by atoms with Crippen molar-refractivity contribution in [1.29, 1.82) is 0 Å². The molecule has 10 aromatic carbocycles. The average Bonchev–Trinajstić information content (AvgIpc) is 3.82. The van der Waals surface area contributed by atoms with Gasteiger partial charge in [0, 0.05) is 42.5 Å². The first-order valence-electron chi connectivity index (χ1n) is 21.8. The van der Waals surface area contributed by atoms with E-state index in [1.165, 1.54) is 97.7 Å². The van der Waals surface area contributed by atoms with Crippen molar-refractivity contribution in [3.8, 4) is 55.6 Å². The summed E-state index contributed by atoms with van der Waals surface area (Å²) in [5.74, 6) is 0. The first-order chi connectivity index (χ1) is 31.0. The van der Waals surface area contributed by atoms with Crippen molar-refractivity contribution in [2.75, 3.05) is 4.90 Å². The van der Waals surface area contributed by atoms with Gasteiger partial charge in [-0.15, -0.1) is 11.3 Å². The summed E-state index contributed by atoms with van der Waals surface area (Å²) in [6, 6.07) is 83.0. The summed E-state index contributed by atoms with van der Waals surface area (Å²) in [6.45, 7) is 4.78. The smallest absolute Gasteiger partial charge is 0.0540 e. The van der Waals surface area contributed by atoms with Gasteiger partial charge in [-0.2, -0.15) is 0 Å². The Morgan fingerprint density at radius 3 is 1.78 bits per heavy atom. The number of thiophene rings is 1. The van der Waals surface area contributed by atoms with Crippen LogP contribution in [0.1, 0.15) is 25.0 Å². The molecule has 2 heteroatoms. The summed E-state index contributed by atoms with van der Waals surface area (Å²) in [5.41, 5.74) is 18.2.